The topological polar surface area (TPSA) is 47.6 Å². The normalized spacial score (nSPS) is 16.5. The smallest absolute Gasteiger partial charge is 0.256 e. The second kappa shape index (κ2) is 9.23. The monoisotopic (exact) mass is 347 g/mol. The average Bonchev–Trinajstić information content (AvgIpc) is 2.60. The lowest BCUT2D eigenvalue weighted by Gasteiger charge is -2.35. The Morgan fingerprint density at radius 1 is 1.04 bits per heavy atom. The maximum Gasteiger partial charge on any atom is 0.256 e. The SMILES string of the molecule is CCCOc1c(C)cc(NC(=O)C2(OCCC)CCCCC2)cc1C. The molecule has 1 aliphatic rings. The van der Waals surface area contributed by atoms with Gasteiger partial charge in [-0.3, -0.25) is 4.79 Å². The Labute approximate surface area is 152 Å². The summed E-state index contributed by atoms with van der Waals surface area (Å²) in [5, 5.41) is 3.11. The van der Waals surface area contributed by atoms with E-state index >= 15 is 0 Å². The summed E-state index contributed by atoms with van der Waals surface area (Å²) in [5.41, 5.74) is 2.27. The molecule has 1 amide bonds. The van der Waals surface area contributed by atoms with Gasteiger partial charge in [0.05, 0.1) is 6.61 Å². The summed E-state index contributed by atoms with van der Waals surface area (Å²) in [4.78, 5) is 13.0. The summed E-state index contributed by atoms with van der Waals surface area (Å²) in [7, 11) is 0. The van der Waals surface area contributed by atoms with Crippen LogP contribution in [0.25, 0.3) is 0 Å². The molecule has 2 rings (SSSR count). The molecule has 4 nitrogen and oxygen atoms in total. The lowest BCUT2D eigenvalue weighted by atomic mass is 9.83. The minimum absolute atomic E-state index is 0.00155. The van der Waals surface area contributed by atoms with Crippen LogP contribution in [0.2, 0.25) is 0 Å². The largest absolute Gasteiger partial charge is 0.493 e. The van der Waals surface area contributed by atoms with E-state index in [1.54, 1.807) is 0 Å². The molecule has 0 heterocycles. The van der Waals surface area contributed by atoms with E-state index in [-0.39, 0.29) is 5.91 Å². The Morgan fingerprint density at radius 3 is 2.20 bits per heavy atom. The van der Waals surface area contributed by atoms with E-state index in [1.165, 1.54) is 6.42 Å². The molecule has 0 atom stereocenters. The van der Waals surface area contributed by atoms with Gasteiger partial charge in [0, 0.05) is 12.3 Å². The first-order chi connectivity index (χ1) is 12.0. The van der Waals surface area contributed by atoms with Gasteiger partial charge in [-0.15, -0.1) is 0 Å². The van der Waals surface area contributed by atoms with Crippen LogP contribution < -0.4 is 10.1 Å². The fraction of sp³-hybridized carbons (Fsp3) is 0.667. The Balaban J connectivity index is 2.15. The first-order valence-electron chi connectivity index (χ1n) is 9.72. The highest BCUT2D eigenvalue weighted by Gasteiger charge is 2.40. The number of ether oxygens (including phenoxy) is 2. The molecule has 0 unspecified atom stereocenters. The Hall–Kier alpha value is -1.55. The molecule has 140 valence electrons. The highest BCUT2D eigenvalue weighted by Crippen LogP contribution is 2.34. The maximum absolute atomic E-state index is 13.0. The maximum atomic E-state index is 13.0. The third-order valence-electron chi connectivity index (χ3n) is 4.83. The van der Waals surface area contributed by atoms with Gasteiger partial charge in [-0.2, -0.15) is 0 Å². The van der Waals surface area contributed by atoms with Crippen LogP contribution >= 0.6 is 0 Å². The van der Waals surface area contributed by atoms with Gasteiger partial charge < -0.3 is 14.8 Å². The summed E-state index contributed by atoms with van der Waals surface area (Å²) in [6, 6.07) is 3.98. The van der Waals surface area contributed by atoms with Crippen molar-refractivity contribution >= 4 is 11.6 Å². The van der Waals surface area contributed by atoms with Gasteiger partial charge >= 0.3 is 0 Å². The number of rotatable bonds is 8. The molecule has 1 aliphatic carbocycles. The Bertz CT molecular complexity index is 553. The fourth-order valence-electron chi connectivity index (χ4n) is 3.56. The number of hydrogen-bond donors (Lipinski definition) is 1. The predicted molar refractivity (Wildman–Crippen MR) is 102 cm³/mol. The molecule has 0 radical (unpaired) electrons. The van der Waals surface area contributed by atoms with Gasteiger partial charge in [-0.25, -0.2) is 0 Å². The second-order valence-corrected chi connectivity index (χ2v) is 7.15. The summed E-state index contributed by atoms with van der Waals surface area (Å²) in [6.45, 7) is 9.57. The third-order valence-corrected chi connectivity index (χ3v) is 4.83. The van der Waals surface area contributed by atoms with Crippen LogP contribution in [-0.2, 0) is 9.53 Å². The highest BCUT2D eigenvalue weighted by molar-refractivity contribution is 5.97. The van der Waals surface area contributed by atoms with Crippen molar-refractivity contribution < 1.29 is 14.3 Å². The van der Waals surface area contributed by atoms with Crippen LogP contribution in [0, 0.1) is 13.8 Å². The van der Waals surface area contributed by atoms with Crippen LogP contribution in [0.3, 0.4) is 0 Å². The van der Waals surface area contributed by atoms with Crippen LogP contribution in [-0.4, -0.2) is 24.7 Å². The number of aryl methyl sites for hydroxylation is 2. The van der Waals surface area contributed by atoms with E-state index in [4.69, 9.17) is 9.47 Å². The van der Waals surface area contributed by atoms with E-state index in [0.717, 1.165) is 61.1 Å². The number of carbonyl (C=O) groups is 1. The second-order valence-electron chi connectivity index (χ2n) is 7.15. The van der Waals surface area contributed by atoms with E-state index in [2.05, 4.69) is 19.2 Å². The molecule has 1 fully saturated rings. The van der Waals surface area contributed by atoms with Crippen LogP contribution in [0.1, 0.15) is 69.9 Å². The van der Waals surface area contributed by atoms with Gasteiger partial charge in [0.2, 0.25) is 0 Å². The fourth-order valence-corrected chi connectivity index (χ4v) is 3.56. The van der Waals surface area contributed by atoms with E-state index in [1.807, 2.05) is 26.0 Å². The molecule has 0 bridgehead atoms. The molecule has 1 saturated carbocycles. The molecule has 0 aliphatic heterocycles. The lowest BCUT2D eigenvalue weighted by Crippen LogP contribution is -2.47. The number of nitrogens with one attached hydrogen (secondary N) is 1. The van der Waals surface area contributed by atoms with Crippen molar-refractivity contribution in [1.82, 2.24) is 0 Å². The molecule has 25 heavy (non-hydrogen) atoms. The number of amides is 1. The van der Waals surface area contributed by atoms with Crippen molar-refractivity contribution in [2.45, 2.75) is 78.2 Å². The molecule has 0 aromatic heterocycles. The van der Waals surface area contributed by atoms with Gasteiger partial charge in [0.15, 0.2) is 0 Å². The summed E-state index contributed by atoms with van der Waals surface area (Å²) in [5.74, 6) is 0.927. The average molecular weight is 347 g/mol. The molecule has 0 saturated heterocycles. The van der Waals surface area contributed by atoms with Crippen LogP contribution in [0.15, 0.2) is 12.1 Å². The van der Waals surface area contributed by atoms with Crippen molar-refractivity contribution in [3.8, 4) is 5.75 Å². The van der Waals surface area contributed by atoms with Gasteiger partial charge in [0.25, 0.3) is 5.91 Å². The summed E-state index contributed by atoms with van der Waals surface area (Å²) in [6.07, 6.45) is 6.83. The Morgan fingerprint density at radius 2 is 1.64 bits per heavy atom. The van der Waals surface area contributed by atoms with E-state index in [0.29, 0.717) is 13.2 Å². The molecular weight excluding hydrogens is 314 g/mol. The van der Waals surface area contributed by atoms with E-state index in [9.17, 15) is 4.79 Å². The molecule has 1 N–H and O–H groups in total. The van der Waals surface area contributed by atoms with Gasteiger partial charge in [0.1, 0.15) is 11.4 Å². The van der Waals surface area contributed by atoms with Gasteiger partial charge in [-0.05, 0) is 62.8 Å². The first-order valence-corrected chi connectivity index (χ1v) is 9.72. The highest BCUT2D eigenvalue weighted by atomic mass is 16.5. The number of carbonyl (C=O) groups excluding carboxylic acids is 1. The zero-order valence-corrected chi connectivity index (χ0v) is 16.2. The third kappa shape index (κ3) is 4.97. The number of anilines is 1. The molecule has 4 heteroatoms. The molecule has 0 spiro atoms. The van der Waals surface area contributed by atoms with Crippen LogP contribution in [0.4, 0.5) is 5.69 Å². The Kier molecular flexibility index (Phi) is 7.30. The minimum Gasteiger partial charge on any atom is -0.493 e. The zero-order valence-electron chi connectivity index (χ0n) is 16.2. The van der Waals surface area contributed by atoms with Gasteiger partial charge in [-0.1, -0.05) is 33.1 Å². The zero-order chi connectivity index (χ0) is 18.3. The first kappa shape index (κ1) is 19.8. The van der Waals surface area contributed by atoms with Crippen molar-refractivity contribution in [3.63, 3.8) is 0 Å². The standard InChI is InChI=1S/C21H33NO3/c1-5-12-24-19-16(3)14-18(15-17(19)4)22-20(23)21(25-13-6-2)10-8-7-9-11-21/h14-15H,5-13H2,1-4H3,(H,22,23). The summed E-state index contributed by atoms with van der Waals surface area (Å²) >= 11 is 0. The van der Waals surface area contributed by atoms with Crippen molar-refractivity contribution in [2.75, 3.05) is 18.5 Å². The van der Waals surface area contributed by atoms with Crippen molar-refractivity contribution in [3.05, 3.63) is 23.3 Å². The molecule has 1 aromatic carbocycles. The van der Waals surface area contributed by atoms with Crippen molar-refractivity contribution in [1.29, 1.82) is 0 Å². The minimum atomic E-state index is -0.659. The van der Waals surface area contributed by atoms with Crippen LogP contribution in [0.5, 0.6) is 5.75 Å². The summed E-state index contributed by atoms with van der Waals surface area (Å²) < 4.78 is 11.9. The number of benzene rings is 1. The molecule has 1 aromatic rings. The number of hydrogen-bond acceptors (Lipinski definition) is 3. The van der Waals surface area contributed by atoms with E-state index < -0.39 is 5.60 Å². The predicted octanol–water partition coefficient (Wildman–Crippen LogP) is 5.16. The quantitative estimate of drug-likeness (QED) is 0.706. The molecular formula is C21H33NO3. The van der Waals surface area contributed by atoms with Crippen molar-refractivity contribution in [2.24, 2.45) is 0 Å². The lowest BCUT2D eigenvalue weighted by molar-refractivity contribution is -0.146.